The minimum absolute atomic E-state index is 0.0377. The van der Waals surface area contributed by atoms with Crippen LogP contribution in [0.1, 0.15) is 49.8 Å². The number of carbonyl (C=O) groups excluding carboxylic acids is 1. The SMILES string of the molecule is COc1cc(OC)cc(-c2cc(CCCC(C(=O)O)C(=O)O)c(C=C3SC(=S)N(C4CC5CCC4C5)C3=O)o2)c1. The Labute approximate surface area is 241 Å². The van der Waals surface area contributed by atoms with E-state index in [9.17, 15) is 24.6 Å². The lowest BCUT2D eigenvalue weighted by atomic mass is 9.94. The quantitative estimate of drug-likeness (QED) is 0.199. The number of fused-ring (bicyclic) bond motifs is 2. The number of aliphatic carboxylic acids is 2. The summed E-state index contributed by atoms with van der Waals surface area (Å²) in [7, 11) is 3.11. The molecular formula is C29H31NO8S2. The Kier molecular flexibility index (Phi) is 8.23. The van der Waals surface area contributed by atoms with Gasteiger partial charge in [-0.15, -0.1) is 0 Å². The molecule has 2 aromatic rings. The number of hydrogen-bond donors (Lipinski definition) is 2. The van der Waals surface area contributed by atoms with Gasteiger partial charge in [0.1, 0.15) is 27.3 Å². The van der Waals surface area contributed by atoms with E-state index in [2.05, 4.69) is 0 Å². The van der Waals surface area contributed by atoms with Crippen molar-refractivity contribution in [3.63, 3.8) is 0 Å². The molecule has 3 fully saturated rings. The van der Waals surface area contributed by atoms with Gasteiger partial charge in [-0.05, 0) is 74.1 Å². The zero-order valence-electron chi connectivity index (χ0n) is 22.3. The number of benzene rings is 1. The van der Waals surface area contributed by atoms with Crippen LogP contribution in [0.4, 0.5) is 0 Å². The minimum Gasteiger partial charge on any atom is -0.497 e. The van der Waals surface area contributed by atoms with Crippen LogP contribution in [0.3, 0.4) is 0 Å². The van der Waals surface area contributed by atoms with Gasteiger partial charge in [0.2, 0.25) is 0 Å². The summed E-state index contributed by atoms with van der Waals surface area (Å²) < 4.78 is 17.6. The number of carboxylic acid groups (broad SMARTS) is 2. The number of hydrogen-bond acceptors (Lipinski definition) is 8. The first kappa shape index (κ1) is 28.2. The fraction of sp³-hybridized carbons (Fsp3) is 0.448. The third-order valence-corrected chi connectivity index (χ3v) is 9.46. The fourth-order valence-corrected chi connectivity index (χ4v) is 7.46. The van der Waals surface area contributed by atoms with Crippen molar-refractivity contribution in [2.45, 2.75) is 51.0 Å². The number of thiocarbonyl (C=S) groups is 1. The standard InChI is InChI=1S/C29H31NO8S2/c1-36-19-10-18(11-20(13-19)37-2)23-12-17(4-3-5-21(27(32)33)28(34)35)24(38-23)14-25-26(31)30(29(39)40-25)22-9-15-6-7-16(22)8-15/h10-16,21-22H,3-9H2,1-2H3,(H,32,33)(H,34,35). The number of furan rings is 1. The van der Waals surface area contributed by atoms with Crippen LogP contribution in [0, 0.1) is 17.8 Å². The lowest BCUT2D eigenvalue weighted by molar-refractivity contribution is -0.154. The van der Waals surface area contributed by atoms with E-state index in [-0.39, 0.29) is 18.4 Å². The summed E-state index contributed by atoms with van der Waals surface area (Å²) in [6.07, 6.45) is 6.84. The first-order valence-corrected chi connectivity index (χ1v) is 14.5. The van der Waals surface area contributed by atoms with Crippen LogP contribution >= 0.6 is 24.0 Å². The molecule has 1 aromatic heterocycles. The van der Waals surface area contributed by atoms with E-state index in [0.717, 1.165) is 24.8 Å². The second-order valence-corrected chi connectivity index (χ2v) is 12.2. The van der Waals surface area contributed by atoms with Crippen molar-refractivity contribution in [1.82, 2.24) is 4.90 Å². The van der Waals surface area contributed by atoms with Crippen LogP contribution in [-0.4, -0.2) is 57.5 Å². The summed E-state index contributed by atoms with van der Waals surface area (Å²) in [5.74, 6) is -1.06. The van der Waals surface area contributed by atoms with Gasteiger partial charge in [-0.3, -0.25) is 19.3 Å². The van der Waals surface area contributed by atoms with Crippen LogP contribution in [-0.2, 0) is 20.8 Å². The van der Waals surface area contributed by atoms with Crippen LogP contribution in [0.5, 0.6) is 11.5 Å². The topological polar surface area (TPSA) is 127 Å². The van der Waals surface area contributed by atoms with E-state index in [1.54, 1.807) is 43.4 Å². The molecule has 40 heavy (non-hydrogen) atoms. The van der Waals surface area contributed by atoms with Gasteiger partial charge in [0.05, 0.1) is 19.1 Å². The van der Waals surface area contributed by atoms with E-state index in [0.29, 0.717) is 62.5 Å². The second-order valence-electron chi connectivity index (χ2n) is 10.5. The minimum atomic E-state index is -1.49. The Hall–Kier alpha value is -3.31. The molecule has 3 unspecified atom stereocenters. The molecule has 2 saturated carbocycles. The fourth-order valence-electron chi connectivity index (χ4n) is 6.11. The molecule has 2 heterocycles. The Morgan fingerprint density at radius 1 is 1.12 bits per heavy atom. The number of rotatable bonds is 11. The number of aryl methyl sites for hydroxylation is 1. The average molecular weight is 586 g/mol. The largest absolute Gasteiger partial charge is 0.497 e. The molecule has 11 heteroatoms. The maximum absolute atomic E-state index is 13.5. The lowest BCUT2D eigenvalue weighted by Crippen LogP contribution is -2.41. The first-order valence-electron chi connectivity index (χ1n) is 13.3. The van der Waals surface area contributed by atoms with Gasteiger partial charge in [-0.25, -0.2) is 0 Å². The maximum atomic E-state index is 13.5. The lowest BCUT2D eigenvalue weighted by Gasteiger charge is -2.30. The summed E-state index contributed by atoms with van der Waals surface area (Å²) >= 11 is 6.90. The highest BCUT2D eigenvalue weighted by atomic mass is 32.2. The molecule has 2 bridgehead atoms. The second kappa shape index (κ2) is 11.7. The number of carbonyl (C=O) groups is 3. The van der Waals surface area contributed by atoms with Gasteiger partial charge in [0, 0.05) is 23.7 Å². The van der Waals surface area contributed by atoms with Crippen molar-refractivity contribution >= 4 is 52.2 Å². The summed E-state index contributed by atoms with van der Waals surface area (Å²) in [5.41, 5.74) is 1.43. The third-order valence-electron chi connectivity index (χ3n) is 8.13. The zero-order chi connectivity index (χ0) is 28.6. The highest BCUT2D eigenvalue weighted by Gasteiger charge is 2.48. The van der Waals surface area contributed by atoms with Crippen LogP contribution in [0.15, 0.2) is 33.6 Å². The molecule has 2 N–H and O–H groups in total. The average Bonchev–Trinajstić information content (AvgIpc) is 3.70. The van der Waals surface area contributed by atoms with Gasteiger partial charge < -0.3 is 24.1 Å². The Bertz CT molecular complexity index is 1350. The Balaban J connectivity index is 1.45. The van der Waals surface area contributed by atoms with E-state index in [1.165, 1.54) is 18.2 Å². The number of carboxylic acids is 2. The number of amides is 1. The summed E-state index contributed by atoms with van der Waals surface area (Å²) in [4.78, 5) is 38.5. The summed E-state index contributed by atoms with van der Waals surface area (Å²) in [5, 5.41) is 18.5. The van der Waals surface area contributed by atoms with Crippen LogP contribution < -0.4 is 9.47 Å². The van der Waals surface area contributed by atoms with E-state index in [4.69, 9.17) is 26.1 Å². The van der Waals surface area contributed by atoms with Crippen molar-refractivity contribution in [3.8, 4) is 22.8 Å². The molecule has 9 nitrogen and oxygen atoms in total. The Morgan fingerprint density at radius 3 is 2.40 bits per heavy atom. The molecule has 2 aliphatic carbocycles. The van der Waals surface area contributed by atoms with Crippen molar-refractivity contribution in [2.24, 2.45) is 17.8 Å². The van der Waals surface area contributed by atoms with Gasteiger partial charge in [-0.2, -0.15) is 0 Å². The normalized spacial score (nSPS) is 23.0. The molecule has 1 aliphatic heterocycles. The zero-order valence-corrected chi connectivity index (χ0v) is 23.9. The highest BCUT2D eigenvalue weighted by molar-refractivity contribution is 8.26. The molecule has 212 valence electrons. The molecule has 3 atom stereocenters. The van der Waals surface area contributed by atoms with Crippen LogP contribution in [0.2, 0.25) is 0 Å². The molecule has 0 spiro atoms. The summed E-state index contributed by atoms with van der Waals surface area (Å²) in [6.45, 7) is 0. The van der Waals surface area contributed by atoms with Gasteiger partial charge in [0.15, 0.2) is 5.92 Å². The van der Waals surface area contributed by atoms with Crippen molar-refractivity contribution in [1.29, 1.82) is 0 Å². The number of methoxy groups -OCH3 is 2. The number of nitrogens with zero attached hydrogens (tertiary/aromatic N) is 1. The molecule has 3 aliphatic rings. The number of thioether (sulfide) groups is 1. The molecule has 5 rings (SSSR count). The van der Waals surface area contributed by atoms with Crippen molar-refractivity contribution in [2.75, 3.05) is 14.2 Å². The van der Waals surface area contributed by atoms with Crippen molar-refractivity contribution < 1.29 is 38.5 Å². The van der Waals surface area contributed by atoms with Crippen molar-refractivity contribution in [3.05, 3.63) is 40.5 Å². The smallest absolute Gasteiger partial charge is 0.317 e. The highest BCUT2D eigenvalue weighted by Crippen LogP contribution is 2.49. The Morgan fingerprint density at radius 2 is 1.82 bits per heavy atom. The summed E-state index contributed by atoms with van der Waals surface area (Å²) in [6, 6.07) is 7.32. The van der Waals surface area contributed by atoms with Crippen LogP contribution in [0.25, 0.3) is 17.4 Å². The van der Waals surface area contributed by atoms with Gasteiger partial charge in [0.25, 0.3) is 5.91 Å². The molecule has 1 amide bonds. The van der Waals surface area contributed by atoms with E-state index >= 15 is 0 Å². The molecule has 1 saturated heterocycles. The van der Waals surface area contributed by atoms with Gasteiger partial charge >= 0.3 is 11.9 Å². The predicted molar refractivity (Wildman–Crippen MR) is 153 cm³/mol. The first-order chi connectivity index (χ1) is 19.2. The third kappa shape index (κ3) is 5.62. The van der Waals surface area contributed by atoms with Gasteiger partial charge in [-0.1, -0.05) is 30.4 Å². The maximum Gasteiger partial charge on any atom is 0.317 e. The molecular weight excluding hydrogens is 554 g/mol. The van der Waals surface area contributed by atoms with E-state index in [1.807, 2.05) is 6.07 Å². The predicted octanol–water partition coefficient (Wildman–Crippen LogP) is 5.46. The number of ether oxygens (including phenoxy) is 2. The monoisotopic (exact) mass is 585 g/mol. The van der Waals surface area contributed by atoms with E-state index < -0.39 is 17.9 Å². The molecule has 1 aromatic carbocycles. The molecule has 0 radical (unpaired) electrons.